The predicted molar refractivity (Wildman–Crippen MR) is 22.1 cm³/mol. The van der Waals surface area contributed by atoms with E-state index in [0.29, 0.717) is 0 Å². The number of nitro groups is 1. The highest BCUT2D eigenvalue weighted by Crippen LogP contribution is 1.81. The van der Waals surface area contributed by atoms with Gasteiger partial charge >= 0.3 is 5.29 Å². The number of oxime groups is 1. The standard InChI is InChI=1S/CHClN2O3/c2-1(3-5)4(6)7/h5H. The van der Waals surface area contributed by atoms with Crippen LogP contribution >= 0.6 is 11.6 Å². The Hall–Kier alpha value is -0.840. The van der Waals surface area contributed by atoms with Crippen molar-refractivity contribution in [3.8, 4) is 0 Å². The molecule has 0 aromatic carbocycles. The lowest BCUT2D eigenvalue weighted by Gasteiger charge is -1.80. The van der Waals surface area contributed by atoms with Gasteiger partial charge in [-0.05, 0) is 4.92 Å². The summed E-state index contributed by atoms with van der Waals surface area (Å²) in [6.07, 6.45) is 0. The molecule has 0 saturated heterocycles. The second kappa shape index (κ2) is 2.35. The van der Waals surface area contributed by atoms with Gasteiger partial charge in [0, 0.05) is 11.6 Å². The van der Waals surface area contributed by atoms with E-state index in [-0.39, 0.29) is 0 Å². The summed E-state index contributed by atoms with van der Waals surface area (Å²) in [6.45, 7) is 0. The fourth-order valence-corrected chi connectivity index (χ4v) is 0.0365. The Kier molecular flexibility index (Phi) is 2.07. The average molecular weight is 124 g/mol. The van der Waals surface area contributed by atoms with Crippen molar-refractivity contribution in [3.05, 3.63) is 10.1 Å². The van der Waals surface area contributed by atoms with Gasteiger partial charge in [-0.25, -0.2) is 0 Å². The summed E-state index contributed by atoms with van der Waals surface area (Å²) < 4.78 is 0. The molecule has 5 nitrogen and oxygen atoms in total. The molecule has 0 aliphatic rings. The van der Waals surface area contributed by atoms with Crippen LogP contribution in [0.2, 0.25) is 0 Å². The van der Waals surface area contributed by atoms with E-state index in [2.05, 4.69) is 16.8 Å². The third-order valence-electron chi connectivity index (χ3n) is 0.233. The molecule has 0 amide bonds. The summed E-state index contributed by atoms with van der Waals surface area (Å²) in [4.78, 5) is 8.30. The van der Waals surface area contributed by atoms with Gasteiger partial charge in [0.2, 0.25) is 0 Å². The molecule has 0 radical (unpaired) electrons. The Bertz CT molecular complexity index is 110. The first-order chi connectivity index (χ1) is 3.18. The van der Waals surface area contributed by atoms with Crippen LogP contribution in [-0.4, -0.2) is 15.4 Å². The zero-order valence-electron chi connectivity index (χ0n) is 3.04. The molecule has 0 aromatic rings. The smallest absolute Gasteiger partial charge is 0.357 e. The third kappa shape index (κ3) is 1.94. The number of hydrogen-bond donors (Lipinski definition) is 1. The predicted octanol–water partition coefficient (Wildman–Crippen LogP) is 0.247. The van der Waals surface area contributed by atoms with Crippen molar-refractivity contribution in [2.45, 2.75) is 0 Å². The van der Waals surface area contributed by atoms with Gasteiger partial charge in [0.1, 0.15) is 0 Å². The number of nitrogens with zero attached hydrogens (tertiary/aromatic N) is 2. The SMILES string of the molecule is O=[N+]([O-])C(Cl)=NO. The van der Waals surface area contributed by atoms with Crippen LogP contribution < -0.4 is 0 Å². The van der Waals surface area contributed by atoms with E-state index >= 15 is 0 Å². The maximum Gasteiger partial charge on any atom is 0.481 e. The van der Waals surface area contributed by atoms with Crippen molar-refractivity contribution in [1.82, 2.24) is 0 Å². The van der Waals surface area contributed by atoms with Gasteiger partial charge in [0.05, 0.1) is 0 Å². The molecule has 1 N–H and O–H groups in total. The normalized spacial score (nSPS) is 11.3. The summed E-state index contributed by atoms with van der Waals surface area (Å²) in [5, 5.41) is 17.9. The van der Waals surface area contributed by atoms with Crippen molar-refractivity contribution in [3.63, 3.8) is 0 Å². The molecule has 7 heavy (non-hydrogen) atoms. The molecule has 0 unspecified atom stereocenters. The molecule has 0 spiro atoms. The number of rotatable bonds is 0. The second-order valence-electron chi connectivity index (χ2n) is 0.626. The molecule has 40 valence electrons. The van der Waals surface area contributed by atoms with Gasteiger partial charge < -0.3 is 15.3 Å². The molecule has 0 bridgehead atoms. The third-order valence-corrected chi connectivity index (χ3v) is 0.447. The summed E-state index contributed by atoms with van der Waals surface area (Å²) >= 11 is 4.60. The van der Waals surface area contributed by atoms with E-state index in [1.165, 1.54) is 0 Å². The van der Waals surface area contributed by atoms with E-state index in [0.717, 1.165) is 0 Å². The number of hydrogen-bond acceptors (Lipinski definition) is 4. The zero-order chi connectivity index (χ0) is 5.86. The van der Waals surface area contributed by atoms with Crippen LogP contribution in [0.25, 0.3) is 0 Å². The Morgan fingerprint density at radius 1 is 2.00 bits per heavy atom. The molecule has 0 heterocycles. The zero-order valence-corrected chi connectivity index (χ0v) is 3.79. The maximum atomic E-state index is 9.31. The Morgan fingerprint density at radius 3 is 2.43 bits per heavy atom. The van der Waals surface area contributed by atoms with Crippen molar-refractivity contribution >= 4 is 16.9 Å². The minimum absolute atomic E-state index is 1.01. The summed E-state index contributed by atoms with van der Waals surface area (Å²) in [5.41, 5.74) is 0. The van der Waals surface area contributed by atoms with Gasteiger partial charge in [-0.15, -0.1) is 0 Å². The van der Waals surface area contributed by atoms with Crippen molar-refractivity contribution in [2.75, 3.05) is 0 Å². The van der Waals surface area contributed by atoms with Gasteiger partial charge in [0.15, 0.2) is 5.16 Å². The van der Waals surface area contributed by atoms with E-state index < -0.39 is 10.2 Å². The highest BCUT2D eigenvalue weighted by molar-refractivity contribution is 6.62. The Balaban J connectivity index is 3.82. The Morgan fingerprint density at radius 2 is 2.43 bits per heavy atom. The maximum absolute atomic E-state index is 9.31. The lowest BCUT2D eigenvalue weighted by atomic mass is 11.3. The van der Waals surface area contributed by atoms with Gasteiger partial charge in [-0.3, -0.25) is 0 Å². The van der Waals surface area contributed by atoms with Crippen LogP contribution in [-0.2, 0) is 0 Å². The van der Waals surface area contributed by atoms with Gasteiger partial charge in [0.25, 0.3) is 0 Å². The molecule has 6 heteroatoms. The first kappa shape index (κ1) is 6.16. The van der Waals surface area contributed by atoms with E-state index in [9.17, 15) is 10.1 Å². The molecule has 0 atom stereocenters. The second-order valence-corrected chi connectivity index (χ2v) is 0.964. The minimum Gasteiger partial charge on any atom is -0.357 e. The van der Waals surface area contributed by atoms with Crippen LogP contribution in [0.4, 0.5) is 0 Å². The monoisotopic (exact) mass is 124 g/mol. The van der Waals surface area contributed by atoms with E-state index in [4.69, 9.17) is 5.21 Å². The fraction of sp³-hybridized carbons (Fsp3) is 0. The molecule has 0 aromatic heterocycles. The first-order valence-electron chi connectivity index (χ1n) is 1.20. The molecule has 0 saturated carbocycles. The van der Waals surface area contributed by atoms with E-state index in [1.807, 2.05) is 0 Å². The molecular formula is CHClN2O3. The summed E-state index contributed by atoms with van der Waals surface area (Å²) in [7, 11) is 0. The minimum atomic E-state index is -1.03. The van der Waals surface area contributed by atoms with Crippen molar-refractivity contribution in [1.29, 1.82) is 0 Å². The highest BCUT2D eigenvalue weighted by atomic mass is 35.5. The van der Waals surface area contributed by atoms with Crippen LogP contribution in [0.5, 0.6) is 0 Å². The summed E-state index contributed by atoms with van der Waals surface area (Å²) in [6, 6.07) is 0. The van der Waals surface area contributed by atoms with Gasteiger partial charge in [-0.1, -0.05) is 0 Å². The lowest BCUT2D eigenvalue weighted by Crippen LogP contribution is -2.01. The van der Waals surface area contributed by atoms with E-state index in [1.54, 1.807) is 0 Å². The molecule has 0 rings (SSSR count). The Labute approximate surface area is 43.3 Å². The van der Waals surface area contributed by atoms with Crippen LogP contribution in [0.3, 0.4) is 0 Å². The van der Waals surface area contributed by atoms with Crippen molar-refractivity contribution in [2.24, 2.45) is 5.16 Å². The first-order valence-corrected chi connectivity index (χ1v) is 1.58. The molecule has 0 aliphatic carbocycles. The fourth-order valence-electron chi connectivity index (χ4n) is 0.0365. The lowest BCUT2D eigenvalue weighted by molar-refractivity contribution is -0.346. The molecule has 0 aliphatic heterocycles. The van der Waals surface area contributed by atoms with Crippen molar-refractivity contribution < 1.29 is 10.1 Å². The quantitative estimate of drug-likeness (QED) is 0.126. The number of halogens is 1. The summed E-state index contributed by atoms with van der Waals surface area (Å²) in [5.74, 6) is 0. The van der Waals surface area contributed by atoms with Crippen LogP contribution in [0.1, 0.15) is 0 Å². The van der Waals surface area contributed by atoms with Gasteiger partial charge in [-0.2, -0.15) is 0 Å². The molecule has 0 fully saturated rings. The molecular weight excluding hydrogens is 123 g/mol. The largest absolute Gasteiger partial charge is 0.481 e. The van der Waals surface area contributed by atoms with Crippen LogP contribution in [0, 0.1) is 10.1 Å². The topological polar surface area (TPSA) is 75.7 Å². The number of amidine groups is 1. The highest BCUT2D eigenvalue weighted by Gasteiger charge is 2.04. The van der Waals surface area contributed by atoms with Crippen LogP contribution in [0.15, 0.2) is 5.16 Å². The average Bonchev–Trinajstić information content (AvgIpc) is 1.65.